The number of nitrogens with two attached hydrogens (primary N) is 1. The number of nitrogen functional groups attached to an aromatic ring is 1. The van der Waals surface area contributed by atoms with Crippen LogP contribution in [0.4, 0.5) is 5.69 Å². The first kappa shape index (κ1) is 12.0. The van der Waals surface area contributed by atoms with E-state index in [0.29, 0.717) is 27.1 Å². The highest BCUT2D eigenvalue weighted by Gasteiger charge is 2.11. The molecular formula is C11H7Cl2N5O. The van der Waals surface area contributed by atoms with Crippen molar-refractivity contribution in [2.75, 3.05) is 5.73 Å². The Morgan fingerprint density at radius 2 is 2.00 bits per heavy atom. The molecule has 0 spiro atoms. The van der Waals surface area contributed by atoms with Crippen LogP contribution in [0.3, 0.4) is 0 Å². The summed E-state index contributed by atoms with van der Waals surface area (Å²) in [6.45, 7) is 0. The quantitative estimate of drug-likeness (QED) is 0.736. The van der Waals surface area contributed by atoms with Crippen LogP contribution in [0.5, 0.6) is 11.6 Å². The molecule has 2 heterocycles. The van der Waals surface area contributed by atoms with Gasteiger partial charge >= 0.3 is 0 Å². The highest BCUT2D eigenvalue weighted by Crippen LogP contribution is 2.35. The summed E-state index contributed by atoms with van der Waals surface area (Å²) in [7, 11) is 0. The minimum Gasteiger partial charge on any atom is -0.434 e. The molecule has 0 amide bonds. The lowest BCUT2D eigenvalue weighted by atomic mass is 10.3. The first-order chi connectivity index (χ1) is 9.15. The van der Waals surface area contributed by atoms with E-state index in [2.05, 4.69) is 15.2 Å². The van der Waals surface area contributed by atoms with Crippen LogP contribution in [0, 0.1) is 0 Å². The molecule has 0 aliphatic carbocycles. The summed E-state index contributed by atoms with van der Waals surface area (Å²) in [5.41, 5.74) is 6.66. The van der Waals surface area contributed by atoms with E-state index in [4.69, 9.17) is 33.7 Å². The molecule has 96 valence electrons. The molecule has 0 aliphatic heterocycles. The molecule has 0 unspecified atom stereocenters. The first-order valence-electron chi connectivity index (χ1n) is 5.22. The average molecular weight is 296 g/mol. The third-order valence-corrected chi connectivity index (χ3v) is 3.16. The Balaban J connectivity index is 2.06. The van der Waals surface area contributed by atoms with Gasteiger partial charge in [-0.15, -0.1) is 10.2 Å². The van der Waals surface area contributed by atoms with Crippen molar-refractivity contribution in [2.45, 2.75) is 0 Å². The molecule has 0 radical (unpaired) electrons. The summed E-state index contributed by atoms with van der Waals surface area (Å²) in [6, 6.07) is 3.05. The van der Waals surface area contributed by atoms with Gasteiger partial charge in [0.05, 0.1) is 15.7 Å². The molecule has 3 aromatic rings. The number of aromatic nitrogens is 4. The number of anilines is 1. The van der Waals surface area contributed by atoms with E-state index in [9.17, 15) is 0 Å². The smallest absolute Gasteiger partial charge is 0.265 e. The fourth-order valence-electron chi connectivity index (χ4n) is 1.54. The van der Waals surface area contributed by atoms with Crippen molar-refractivity contribution in [2.24, 2.45) is 0 Å². The van der Waals surface area contributed by atoms with Gasteiger partial charge in [0.2, 0.25) is 5.65 Å². The number of fused-ring (bicyclic) bond motifs is 1. The third kappa shape index (κ3) is 2.16. The molecule has 2 aromatic heterocycles. The van der Waals surface area contributed by atoms with Crippen LogP contribution in [0.25, 0.3) is 5.65 Å². The maximum absolute atomic E-state index is 5.93. The fourth-order valence-corrected chi connectivity index (χ4v) is 1.87. The van der Waals surface area contributed by atoms with Crippen molar-refractivity contribution in [3.05, 3.63) is 40.9 Å². The standard InChI is InChI=1S/C11H7Cl2N5O/c12-6-3-8(14)9(4-7(6)13)19-11-10-17-16-5-18(10)2-1-15-11/h1-5H,14H2. The summed E-state index contributed by atoms with van der Waals surface area (Å²) in [5.74, 6) is 0.642. The molecule has 8 heteroatoms. The molecular weight excluding hydrogens is 289 g/mol. The summed E-state index contributed by atoms with van der Waals surface area (Å²) >= 11 is 11.8. The zero-order chi connectivity index (χ0) is 13.4. The van der Waals surface area contributed by atoms with Crippen LogP contribution in [-0.2, 0) is 0 Å². The van der Waals surface area contributed by atoms with Crippen molar-refractivity contribution in [1.82, 2.24) is 19.6 Å². The Labute approximate surface area is 117 Å². The number of hydrogen-bond acceptors (Lipinski definition) is 5. The predicted octanol–water partition coefficient (Wildman–Crippen LogP) is 2.81. The molecule has 1 aromatic carbocycles. The molecule has 19 heavy (non-hydrogen) atoms. The second-order valence-corrected chi connectivity index (χ2v) is 4.51. The average Bonchev–Trinajstić information content (AvgIpc) is 2.85. The van der Waals surface area contributed by atoms with Gasteiger partial charge in [-0.05, 0) is 6.07 Å². The van der Waals surface area contributed by atoms with E-state index in [0.717, 1.165) is 0 Å². The molecule has 3 rings (SSSR count). The second-order valence-electron chi connectivity index (χ2n) is 3.70. The SMILES string of the molecule is Nc1cc(Cl)c(Cl)cc1Oc1nccn2cnnc12. The van der Waals surface area contributed by atoms with Crippen molar-refractivity contribution < 1.29 is 4.74 Å². The van der Waals surface area contributed by atoms with Gasteiger partial charge in [-0.1, -0.05) is 23.2 Å². The largest absolute Gasteiger partial charge is 0.434 e. The topological polar surface area (TPSA) is 78.3 Å². The van der Waals surface area contributed by atoms with E-state index in [1.807, 2.05) is 0 Å². The van der Waals surface area contributed by atoms with Gasteiger partial charge in [-0.25, -0.2) is 4.98 Å². The van der Waals surface area contributed by atoms with Crippen LogP contribution >= 0.6 is 23.2 Å². The maximum Gasteiger partial charge on any atom is 0.265 e. The summed E-state index contributed by atoms with van der Waals surface area (Å²) in [4.78, 5) is 4.09. The Morgan fingerprint density at radius 1 is 1.21 bits per heavy atom. The Morgan fingerprint density at radius 3 is 2.84 bits per heavy atom. The van der Waals surface area contributed by atoms with Crippen molar-refractivity contribution in [3.63, 3.8) is 0 Å². The second kappa shape index (κ2) is 4.56. The third-order valence-electron chi connectivity index (χ3n) is 2.44. The highest BCUT2D eigenvalue weighted by molar-refractivity contribution is 6.42. The lowest BCUT2D eigenvalue weighted by molar-refractivity contribution is 0.467. The lowest BCUT2D eigenvalue weighted by Gasteiger charge is -2.09. The summed E-state index contributed by atoms with van der Waals surface area (Å²) in [5, 5.41) is 8.39. The molecule has 0 saturated carbocycles. The zero-order valence-corrected chi connectivity index (χ0v) is 10.9. The molecule has 0 saturated heterocycles. The van der Waals surface area contributed by atoms with Gasteiger partial charge in [0, 0.05) is 18.5 Å². The maximum atomic E-state index is 5.93. The van der Waals surface area contributed by atoms with E-state index in [1.54, 1.807) is 23.1 Å². The minimum atomic E-state index is 0.282. The van der Waals surface area contributed by atoms with E-state index < -0.39 is 0 Å². The summed E-state index contributed by atoms with van der Waals surface area (Å²) in [6.07, 6.45) is 4.82. The summed E-state index contributed by atoms with van der Waals surface area (Å²) < 4.78 is 7.29. The molecule has 0 atom stereocenters. The van der Waals surface area contributed by atoms with Gasteiger partial charge in [0.15, 0.2) is 5.75 Å². The Hall–Kier alpha value is -2.05. The molecule has 6 nitrogen and oxygen atoms in total. The van der Waals surface area contributed by atoms with Crippen LogP contribution in [0.15, 0.2) is 30.9 Å². The number of rotatable bonds is 2. The van der Waals surface area contributed by atoms with E-state index in [1.165, 1.54) is 12.1 Å². The molecule has 2 N–H and O–H groups in total. The Kier molecular flexibility index (Phi) is 2.88. The van der Waals surface area contributed by atoms with Crippen molar-refractivity contribution in [1.29, 1.82) is 0 Å². The van der Waals surface area contributed by atoms with Crippen molar-refractivity contribution in [3.8, 4) is 11.6 Å². The molecule has 0 fully saturated rings. The van der Waals surface area contributed by atoms with Gasteiger partial charge in [0.25, 0.3) is 5.88 Å². The fraction of sp³-hybridized carbons (Fsp3) is 0. The van der Waals surface area contributed by atoms with Gasteiger partial charge < -0.3 is 10.5 Å². The van der Waals surface area contributed by atoms with Gasteiger partial charge in [0.1, 0.15) is 6.33 Å². The highest BCUT2D eigenvalue weighted by atomic mass is 35.5. The van der Waals surface area contributed by atoms with Crippen LogP contribution in [0.2, 0.25) is 10.0 Å². The number of ether oxygens (including phenoxy) is 1. The van der Waals surface area contributed by atoms with Crippen molar-refractivity contribution >= 4 is 34.5 Å². The molecule has 0 aliphatic rings. The molecule has 0 bridgehead atoms. The van der Waals surface area contributed by atoms with Crippen LogP contribution in [-0.4, -0.2) is 19.6 Å². The van der Waals surface area contributed by atoms with Crippen LogP contribution < -0.4 is 10.5 Å². The number of halogens is 2. The monoisotopic (exact) mass is 295 g/mol. The zero-order valence-electron chi connectivity index (χ0n) is 9.42. The number of hydrogen-bond donors (Lipinski definition) is 1. The van der Waals surface area contributed by atoms with E-state index >= 15 is 0 Å². The normalized spacial score (nSPS) is 10.8. The first-order valence-corrected chi connectivity index (χ1v) is 5.97. The minimum absolute atomic E-state index is 0.282. The van der Waals surface area contributed by atoms with Crippen LogP contribution in [0.1, 0.15) is 0 Å². The Bertz CT molecular complexity index is 758. The van der Waals surface area contributed by atoms with Gasteiger partial charge in [-0.3, -0.25) is 4.40 Å². The number of nitrogens with zero attached hydrogens (tertiary/aromatic N) is 4. The lowest BCUT2D eigenvalue weighted by Crippen LogP contribution is -1.96. The van der Waals surface area contributed by atoms with Gasteiger partial charge in [-0.2, -0.15) is 0 Å². The predicted molar refractivity (Wildman–Crippen MR) is 71.7 cm³/mol. The van der Waals surface area contributed by atoms with E-state index in [-0.39, 0.29) is 5.88 Å². The number of benzene rings is 1.